The Morgan fingerprint density at radius 1 is 1.32 bits per heavy atom. The molecule has 0 saturated heterocycles. The van der Waals surface area contributed by atoms with Crippen molar-refractivity contribution in [2.24, 2.45) is 11.8 Å². The summed E-state index contributed by atoms with van der Waals surface area (Å²) in [6.45, 7) is 4.26. The van der Waals surface area contributed by atoms with E-state index in [1.165, 1.54) is 0 Å². The monoisotopic (exact) mass is 258 g/mol. The number of carboxylic acids is 1. The van der Waals surface area contributed by atoms with E-state index in [1.54, 1.807) is 6.20 Å². The molecule has 1 heterocycles. The third-order valence-corrected chi connectivity index (χ3v) is 3.28. The van der Waals surface area contributed by atoms with E-state index in [-0.39, 0.29) is 5.92 Å². The van der Waals surface area contributed by atoms with Crippen molar-refractivity contribution in [2.45, 2.75) is 13.8 Å². The van der Waals surface area contributed by atoms with E-state index in [1.807, 2.05) is 44.2 Å². The van der Waals surface area contributed by atoms with Crippen molar-refractivity contribution in [2.75, 3.05) is 11.9 Å². The largest absolute Gasteiger partial charge is 0.481 e. The standard InChI is InChI=1S/C15H18N2O2/c1-10(2)12(15(18)19)9-17-14-7-8-16-13-6-4-3-5-11(13)14/h3-8,10,12H,9H2,1-2H3,(H,16,17)(H,18,19). The SMILES string of the molecule is CC(C)C(CNc1ccnc2ccccc12)C(=O)O. The Hall–Kier alpha value is -2.10. The van der Waals surface area contributed by atoms with Gasteiger partial charge in [0.1, 0.15) is 0 Å². The van der Waals surface area contributed by atoms with Crippen LogP contribution in [0.25, 0.3) is 10.9 Å². The quantitative estimate of drug-likeness (QED) is 0.865. The first kappa shape index (κ1) is 13.3. The summed E-state index contributed by atoms with van der Waals surface area (Å²) >= 11 is 0. The lowest BCUT2D eigenvalue weighted by Crippen LogP contribution is -2.27. The molecule has 4 heteroatoms. The summed E-state index contributed by atoms with van der Waals surface area (Å²) in [7, 11) is 0. The van der Waals surface area contributed by atoms with E-state index in [0.717, 1.165) is 16.6 Å². The molecule has 0 radical (unpaired) electrons. The molecule has 1 unspecified atom stereocenters. The highest BCUT2D eigenvalue weighted by atomic mass is 16.4. The molecule has 0 bridgehead atoms. The molecule has 2 rings (SSSR count). The average molecular weight is 258 g/mol. The average Bonchev–Trinajstić information content (AvgIpc) is 2.38. The van der Waals surface area contributed by atoms with E-state index in [2.05, 4.69) is 10.3 Å². The highest BCUT2D eigenvalue weighted by molar-refractivity contribution is 5.91. The van der Waals surface area contributed by atoms with Crippen LogP contribution in [0.2, 0.25) is 0 Å². The number of benzene rings is 1. The van der Waals surface area contributed by atoms with Crippen molar-refractivity contribution >= 4 is 22.6 Å². The van der Waals surface area contributed by atoms with Crippen LogP contribution in [0.5, 0.6) is 0 Å². The van der Waals surface area contributed by atoms with Crippen LogP contribution >= 0.6 is 0 Å². The molecule has 0 aliphatic carbocycles. The predicted octanol–water partition coefficient (Wildman–Crippen LogP) is 3.00. The summed E-state index contributed by atoms with van der Waals surface area (Å²) < 4.78 is 0. The van der Waals surface area contributed by atoms with Crippen molar-refractivity contribution in [1.29, 1.82) is 0 Å². The summed E-state index contributed by atoms with van der Waals surface area (Å²) in [5.74, 6) is -1.06. The minimum absolute atomic E-state index is 0.0955. The van der Waals surface area contributed by atoms with E-state index in [0.29, 0.717) is 6.54 Å². The summed E-state index contributed by atoms with van der Waals surface area (Å²) in [4.78, 5) is 15.5. The molecule has 0 amide bonds. The number of hydrogen-bond donors (Lipinski definition) is 2. The van der Waals surface area contributed by atoms with Gasteiger partial charge in [0.2, 0.25) is 0 Å². The van der Waals surface area contributed by atoms with Crippen LogP contribution in [0.3, 0.4) is 0 Å². The Bertz CT molecular complexity index is 576. The number of para-hydroxylation sites is 1. The zero-order chi connectivity index (χ0) is 13.8. The van der Waals surface area contributed by atoms with Gasteiger partial charge in [0.15, 0.2) is 0 Å². The van der Waals surface area contributed by atoms with Crippen LogP contribution < -0.4 is 5.32 Å². The Morgan fingerprint density at radius 3 is 2.74 bits per heavy atom. The number of nitrogens with zero attached hydrogens (tertiary/aromatic N) is 1. The molecule has 2 N–H and O–H groups in total. The Labute approximate surface area is 112 Å². The molecule has 0 fully saturated rings. The van der Waals surface area contributed by atoms with E-state index >= 15 is 0 Å². The summed E-state index contributed by atoms with van der Waals surface area (Å²) in [5, 5.41) is 13.4. The summed E-state index contributed by atoms with van der Waals surface area (Å²) in [6, 6.07) is 9.69. The van der Waals surface area contributed by atoms with Crippen molar-refractivity contribution in [3.63, 3.8) is 0 Å². The molecule has 0 aliphatic rings. The molecule has 2 aromatic rings. The molecule has 19 heavy (non-hydrogen) atoms. The van der Waals surface area contributed by atoms with Crippen LogP contribution in [0, 0.1) is 11.8 Å². The number of pyridine rings is 1. The van der Waals surface area contributed by atoms with Crippen LogP contribution in [-0.2, 0) is 4.79 Å². The van der Waals surface area contributed by atoms with E-state index in [4.69, 9.17) is 0 Å². The second-order valence-electron chi connectivity index (χ2n) is 4.95. The summed E-state index contributed by atoms with van der Waals surface area (Å²) in [6.07, 6.45) is 1.73. The predicted molar refractivity (Wildman–Crippen MR) is 76.2 cm³/mol. The maximum atomic E-state index is 11.2. The lowest BCUT2D eigenvalue weighted by atomic mass is 9.96. The van der Waals surface area contributed by atoms with Gasteiger partial charge in [0, 0.05) is 23.8 Å². The highest BCUT2D eigenvalue weighted by Crippen LogP contribution is 2.22. The number of hydrogen-bond acceptors (Lipinski definition) is 3. The number of fused-ring (bicyclic) bond motifs is 1. The highest BCUT2D eigenvalue weighted by Gasteiger charge is 2.21. The molecule has 0 aliphatic heterocycles. The zero-order valence-corrected chi connectivity index (χ0v) is 11.1. The topological polar surface area (TPSA) is 62.2 Å². The second-order valence-corrected chi connectivity index (χ2v) is 4.95. The minimum Gasteiger partial charge on any atom is -0.481 e. The lowest BCUT2D eigenvalue weighted by molar-refractivity contribution is -0.142. The maximum Gasteiger partial charge on any atom is 0.308 e. The first-order valence-electron chi connectivity index (χ1n) is 6.40. The first-order valence-corrected chi connectivity index (χ1v) is 6.40. The molecule has 0 spiro atoms. The first-order chi connectivity index (χ1) is 9.09. The minimum atomic E-state index is -0.763. The molecule has 1 aromatic carbocycles. The third kappa shape index (κ3) is 3.02. The van der Waals surface area contributed by atoms with Gasteiger partial charge < -0.3 is 10.4 Å². The van der Waals surface area contributed by atoms with Crippen LogP contribution in [-0.4, -0.2) is 22.6 Å². The van der Waals surface area contributed by atoms with Gasteiger partial charge in [0.25, 0.3) is 0 Å². The van der Waals surface area contributed by atoms with E-state index in [9.17, 15) is 9.90 Å². The number of aromatic nitrogens is 1. The Kier molecular flexibility index (Phi) is 4.00. The van der Waals surface area contributed by atoms with Gasteiger partial charge in [-0.25, -0.2) is 0 Å². The van der Waals surface area contributed by atoms with Gasteiger partial charge in [-0.3, -0.25) is 9.78 Å². The number of carbonyl (C=O) groups is 1. The maximum absolute atomic E-state index is 11.2. The van der Waals surface area contributed by atoms with Crippen molar-refractivity contribution < 1.29 is 9.90 Å². The molecular weight excluding hydrogens is 240 g/mol. The van der Waals surface area contributed by atoms with Gasteiger partial charge in [-0.1, -0.05) is 32.0 Å². The van der Waals surface area contributed by atoms with Crippen molar-refractivity contribution in [3.8, 4) is 0 Å². The second kappa shape index (κ2) is 5.69. The molecule has 1 aromatic heterocycles. The van der Waals surface area contributed by atoms with Crippen LogP contribution in [0.4, 0.5) is 5.69 Å². The smallest absolute Gasteiger partial charge is 0.308 e. The normalized spacial score (nSPS) is 12.6. The van der Waals surface area contributed by atoms with Gasteiger partial charge in [0.05, 0.1) is 11.4 Å². The van der Waals surface area contributed by atoms with Gasteiger partial charge >= 0.3 is 5.97 Å². The zero-order valence-electron chi connectivity index (χ0n) is 11.1. The number of anilines is 1. The fraction of sp³-hybridized carbons (Fsp3) is 0.333. The number of nitrogens with one attached hydrogen (secondary N) is 1. The van der Waals surface area contributed by atoms with Gasteiger partial charge in [-0.2, -0.15) is 0 Å². The molecular formula is C15H18N2O2. The van der Waals surface area contributed by atoms with Gasteiger partial charge in [-0.15, -0.1) is 0 Å². The van der Waals surface area contributed by atoms with Crippen LogP contribution in [0.15, 0.2) is 36.5 Å². The molecule has 1 atom stereocenters. The number of carboxylic acid groups (broad SMARTS) is 1. The van der Waals surface area contributed by atoms with Crippen LogP contribution in [0.1, 0.15) is 13.8 Å². The van der Waals surface area contributed by atoms with Gasteiger partial charge in [-0.05, 0) is 18.1 Å². The molecule has 0 saturated carbocycles. The van der Waals surface area contributed by atoms with Crippen molar-refractivity contribution in [1.82, 2.24) is 4.98 Å². The summed E-state index contributed by atoms with van der Waals surface area (Å²) in [5.41, 5.74) is 1.83. The lowest BCUT2D eigenvalue weighted by Gasteiger charge is -2.18. The fourth-order valence-electron chi connectivity index (χ4n) is 2.08. The number of aliphatic carboxylic acids is 1. The molecule has 4 nitrogen and oxygen atoms in total. The Morgan fingerprint density at radius 2 is 2.05 bits per heavy atom. The Balaban J connectivity index is 2.20. The third-order valence-electron chi connectivity index (χ3n) is 3.28. The van der Waals surface area contributed by atoms with Crippen molar-refractivity contribution in [3.05, 3.63) is 36.5 Å². The number of rotatable bonds is 5. The molecule has 100 valence electrons. The van der Waals surface area contributed by atoms with E-state index < -0.39 is 11.9 Å². The fourth-order valence-corrected chi connectivity index (χ4v) is 2.08.